The molecule has 0 radical (unpaired) electrons. The molecule has 2 aliphatic rings. The van der Waals surface area contributed by atoms with Crippen LogP contribution in [0.3, 0.4) is 0 Å². The predicted molar refractivity (Wildman–Crippen MR) is 73.2 cm³/mol. The molecule has 3 heterocycles. The Hall–Kier alpha value is -2.08. The lowest BCUT2D eigenvalue weighted by Gasteiger charge is -2.13. The zero-order valence-corrected chi connectivity index (χ0v) is 11.7. The van der Waals surface area contributed by atoms with Crippen LogP contribution in [-0.2, 0) is 4.74 Å². The van der Waals surface area contributed by atoms with Gasteiger partial charge in [0.25, 0.3) is 5.89 Å². The third-order valence-corrected chi connectivity index (χ3v) is 4.31. The van der Waals surface area contributed by atoms with Gasteiger partial charge in [0.15, 0.2) is 17.3 Å². The Morgan fingerprint density at radius 1 is 1.33 bits per heavy atom. The summed E-state index contributed by atoms with van der Waals surface area (Å²) in [5, 5.41) is 13.7. The number of aromatic nitrogens is 2. The van der Waals surface area contributed by atoms with E-state index in [1.54, 1.807) is 18.2 Å². The minimum atomic E-state index is 0.0856. The van der Waals surface area contributed by atoms with Gasteiger partial charge in [0.2, 0.25) is 0 Å². The third kappa shape index (κ3) is 2.06. The van der Waals surface area contributed by atoms with Gasteiger partial charge in [-0.05, 0) is 37.5 Å². The summed E-state index contributed by atoms with van der Waals surface area (Å²) in [4.78, 5) is 4.49. The Balaban J connectivity index is 1.62. The van der Waals surface area contributed by atoms with Crippen LogP contribution in [0.2, 0.25) is 0 Å². The SMILES string of the molecule is COc1cc(-c2nc(C3CC4CCC3O4)no2)ccc1O. The van der Waals surface area contributed by atoms with Crippen LogP contribution in [0, 0.1) is 0 Å². The van der Waals surface area contributed by atoms with Gasteiger partial charge in [-0.1, -0.05) is 5.16 Å². The topological polar surface area (TPSA) is 77.6 Å². The highest BCUT2D eigenvalue weighted by atomic mass is 16.5. The molecule has 2 saturated heterocycles. The highest BCUT2D eigenvalue weighted by molar-refractivity contribution is 5.59. The number of benzene rings is 1. The molecule has 2 bridgehead atoms. The minimum absolute atomic E-state index is 0.0856. The minimum Gasteiger partial charge on any atom is -0.504 e. The number of aromatic hydroxyl groups is 1. The van der Waals surface area contributed by atoms with Crippen LogP contribution in [0.25, 0.3) is 11.5 Å². The van der Waals surface area contributed by atoms with E-state index in [1.165, 1.54) is 7.11 Å². The van der Waals surface area contributed by atoms with Gasteiger partial charge in [0.1, 0.15) is 0 Å². The number of rotatable bonds is 3. The van der Waals surface area contributed by atoms with Crippen LogP contribution in [-0.4, -0.2) is 34.6 Å². The predicted octanol–water partition coefficient (Wildman–Crippen LogP) is 2.49. The standard InChI is InChI=1S/C15H16N2O4/c1-19-13-6-8(2-4-11(13)18)15-16-14(17-21-15)10-7-9-3-5-12(10)20-9/h2,4,6,9-10,12,18H,3,5,7H2,1H3. The maximum Gasteiger partial charge on any atom is 0.258 e. The molecule has 2 fully saturated rings. The van der Waals surface area contributed by atoms with Crippen LogP contribution < -0.4 is 4.74 Å². The number of hydrogen-bond donors (Lipinski definition) is 1. The van der Waals surface area contributed by atoms with Gasteiger partial charge in [0.05, 0.1) is 25.2 Å². The first-order valence-corrected chi connectivity index (χ1v) is 7.11. The molecule has 0 spiro atoms. The van der Waals surface area contributed by atoms with Gasteiger partial charge < -0.3 is 19.1 Å². The fourth-order valence-electron chi connectivity index (χ4n) is 3.22. The zero-order chi connectivity index (χ0) is 14.4. The molecule has 4 rings (SSSR count). The molecule has 6 nitrogen and oxygen atoms in total. The molecular formula is C15H16N2O4. The van der Waals surface area contributed by atoms with E-state index in [0.717, 1.165) is 24.8 Å². The van der Waals surface area contributed by atoms with Crippen LogP contribution in [0.1, 0.15) is 31.0 Å². The normalized spacial score (nSPS) is 27.2. The van der Waals surface area contributed by atoms with E-state index in [2.05, 4.69) is 10.1 Å². The Bertz CT molecular complexity index is 669. The van der Waals surface area contributed by atoms with Crippen molar-refractivity contribution >= 4 is 0 Å². The Morgan fingerprint density at radius 2 is 2.24 bits per heavy atom. The van der Waals surface area contributed by atoms with Gasteiger partial charge in [-0.15, -0.1) is 0 Å². The highest BCUT2D eigenvalue weighted by Crippen LogP contribution is 2.43. The first-order chi connectivity index (χ1) is 10.2. The first kappa shape index (κ1) is 12.6. The summed E-state index contributed by atoms with van der Waals surface area (Å²) in [6.45, 7) is 0. The molecule has 3 unspecified atom stereocenters. The van der Waals surface area contributed by atoms with Crippen molar-refractivity contribution in [3.8, 4) is 23.0 Å². The van der Waals surface area contributed by atoms with Crippen LogP contribution in [0.15, 0.2) is 22.7 Å². The zero-order valence-electron chi connectivity index (χ0n) is 11.7. The van der Waals surface area contributed by atoms with Crippen molar-refractivity contribution < 1.29 is 19.1 Å². The molecule has 1 aromatic heterocycles. The van der Waals surface area contributed by atoms with Gasteiger partial charge >= 0.3 is 0 Å². The Labute approximate surface area is 121 Å². The molecule has 2 aliphatic heterocycles. The van der Waals surface area contributed by atoms with Crippen LogP contribution in [0.5, 0.6) is 11.5 Å². The molecule has 2 aromatic rings. The molecule has 110 valence electrons. The van der Waals surface area contributed by atoms with Crippen molar-refractivity contribution in [3.05, 3.63) is 24.0 Å². The average Bonchev–Trinajstić information content (AvgIpc) is 3.23. The highest BCUT2D eigenvalue weighted by Gasteiger charge is 2.43. The summed E-state index contributed by atoms with van der Waals surface area (Å²) in [6.07, 6.45) is 3.78. The lowest BCUT2D eigenvalue weighted by atomic mass is 9.89. The lowest BCUT2D eigenvalue weighted by Crippen LogP contribution is -2.15. The molecule has 0 saturated carbocycles. The number of ether oxygens (including phenoxy) is 2. The van der Waals surface area contributed by atoms with E-state index in [1.807, 2.05) is 0 Å². The summed E-state index contributed by atoms with van der Waals surface area (Å²) in [7, 11) is 1.50. The first-order valence-electron chi connectivity index (χ1n) is 7.11. The van der Waals surface area contributed by atoms with Crippen LogP contribution >= 0.6 is 0 Å². The Morgan fingerprint density at radius 3 is 2.95 bits per heavy atom. The van der Waals surface area contributed by atoms with Crippen molar-refractivity contribution in [3.63, 3.8) is 0 Å². The number of hydrogen-bond acceptors (Lipinski definition) is 6. The summed E-state index contributed by atoms with van der Waals surface area (Å²) in [6, 6.07) is 4.97. The molecule has 0 amide bonds. The number of methoxy groups -OCH3 is 1. The Kier molecular flexibility index (Phi) is 2.85. The molecule has 1 aromatic carbocycles. The summed E-state index contributed by atoms with van der Waals surface area (Å²) >= 11 is 0. The number of nitrogens with zero attached hydrogens (tertiary/aromatic N) is 2. The second kappa shape index (κ2) is 4.73. The van der Waals surface area contributed by atoms with Crippen molar-refractivity contribution in [2.45, 2.75) is 37.4 Å². The van der Waals surface area contributed by atoms with E-state index in [0.29, 0.717) is 23.6 Å². The van der Waals surface area contributed by atoms with E-state index < -0.39 is 0 Å². The van der Waals surface area contributed by atoms with E-state index >= 15 is 0 Å². The number of phenolic OH excluding ortho intramolecular Hbond substituents is 1. The van der Waals surface area contributed by atoms with E-state index in [4.69, 9.17) is 14.0 Å². The summed E-state index contributed by atoms with van der Waals surface area (Å²) in [5.41, 5.74) is 0.729. The average molecular weight is 288 g/mol. The number of fused-ring (bicyclic) bond motifs is 2. The second-order valence-corrected chi connectivity index (χ2v) is 5.56. The summed E-state index contributed by atoms with van der Waals surface area (Å²) < 4.78 is 16.3. The third-order valence-electron chi connectivity index (χ3n) is 4.31. The maximum absolute atomic E-state index is 9.62. The van der Waals surface area contributed by atoms with Crippen molar-refractivity contribution in [1.29, 1.82) is 0 Å². The van der Waals surface area contributed by atoms with Crippen molar-refractivity contribution in [1.82, 2.24) is 10.1 Å². The van der Waals surface area contributed by atoms with Gasteiger partial charge in [-0.3, -0.25) is 0 Å². The lowest BCUT2D eigenvalue weighted by molar-refractivity contribution is 0.0996. The summed E-state index contributed by atoms with van der Waals surface area (Å²) in [5.74, 6) is 1.86. The molecule has 1 N–H and O–H groups in total. The molecule has 21 heavy (non-hydrogen) atoms. The second-order valence-electron chi connectivity index (χ2n) is 5.56. The van der Waals surface area contributed by atoms with E-state index in [-0.39, 0.29) is 17.8 Å². The van der Waals surface area contributed by atoms with E-state index in [9.17, 15) is 5.11 Å². The number of phenols is 1. The fraction of sp³-hybridized carbons (Fsp3) is 0.467. The molecular weight excluding hydrogens is 272 g/mol. The van der Waals surface area contributed by atoms with Crippen LogP contribution in [0.4, 0.5) is 0 Å². The van der Waals surface area contributed by atoms with Crippen molar-refractivity contribution in [2.24, 2.45) is 0 Å². The monoisotopic (exact) mass is 288 g/mol. The quantitative estimate of drug-likeness (QED) is 0.935. The largest absolute Gasteiger partial charge is 0.504 e. The fourth-order valence-corrected chi connectivity index (χ4v) is 3.22. The van der Waals surface area contributed by atoms with Gasteiger partial charge in [-0.25, -0.2) is 0 Å². The smallest absolute Gasteiger partial charge is 0.258 e. The van der Waals surface area contributed by atoms with Gasteiger partial charge in [0, 0.05) is 5.56 Å². The maximum atomic E-state index is 9.62. The molecule has 0 aliphatic carbocycles. The van der Waals surface area contributed by atoms with Gasteiger partial charge in [-0.2, -0.15) is 4.98 Å². The molecule has 3 atom stereocenters. The molecule has 6 heteroatoms. The van der Waals surface area contributed by atoms with Crippen molar-refractivity contribution in [2.75, 3.05) is 7.11 Å².